The van der Waals surface area contributed by atoms with Crippen LogP contribution in [0.4, 0.5) is 0 Å². The first-order valence-corrected chi connectivity index (χ1v) is 8.60. The maximum Gasteiger partial charge on any atom is 0.0735 e. The second-order valence-electron chi connectivity index (χ2n) is 6.12. The Labute approximate surface area is 115 Å². The van der Waals surface area contributed by atoms with Gasteiger partial charge in [0.25, 0.3) is 0 Å². The molecule has 0 bridgehead atoms. The topological polar surface area (TPSA) is 35.2 Å². The number of allylic oxidation sites excluding steroid dienone is 1. The van der Waals surface area contributed by atoms with Crippen molar-refractivity contribution in [3.8, 4) is 0 Å². The minimum absolute atomic E-state index is 0.214. The third kappa shape index (κ3) is 2.78. The van der Waals surface area contributed by atoms with Crippen molar-refractivity contribution in [1.82, 2.24) is 0 Å². The molecule has 0 atom stereocenters. The Morgan fingerprint density at radius 3 is 2.50 bits per heavy atom. The van der Waals surface area contributed by atoms with Gasteiger partial charge in [-0.15, -0.1) is 0 Å². The van der Waals surface area contributed by atoms with E-state index in [1.165, 1.54) is 62.9 Å². The summed E-state index contributed by atoms with van der Waals surface area (Å²) in [5, 5.41) is 0. The van der Waals surface area contributed by atoms with Crippen molar-refractivity contribution in [3.05, 3.63) is 11.1 Å². The zero-order chi connectivity index (χ0) is 12.4. The highest BCUT2D eigenvalue weighted by molar-refractivity contribution is 7.99. The first kappa shape index (κ1) is 13.0. The van der Waals surface area contributed by atoms with Crippen LogP contribution in [0.2, 0.25) is 0 Å². The fraction of sp³-hybridized carbons (Fsp3) is 0.867. The van der Waals surface area contributed by atoms with Crippen LogP contribution in [0, 0.1) is 0 Å². The van der Waals surface area contributed by atoms with E-state index in [0.717, 1.165) is 6.61 Å². The van der Waals surface area contributed by atoms with Crippen LogP contribution in [0.25, 0.3) is 0 Å². The molecule has 1 spiro atoms. The van der Waals surface area contributed by atoms with E-state index in [1.54, 1.807) is 11.1 Å². The summed E-state index contributed by atoms with van der Waals surface area (Å²) in [6.45, 7) is 0.954. The molecule has 2 nitrogen and oxygen atoms in total. The molecule has 3 rings (SSSR count). The SMILES string of the molecule is NC1CCC(=C2CCOC3(CCSCC3)C2)CC1. The van der Waals surface area contributed by atoms with Crippen molar-refractivity contribution in [2.75, 3.05) is 18.1 Å². The van der Waals surface area contributed by atoms with Gasteiger partial charge in [0, 0.05) is 6.04 Å². The molecule has 3 aliphatic rings. The van der Waals surface area contributed by atoms with Crippen molar-refractivity contribution < 1.29 is 4.74 Å². The van der Waals surface area contributed by atoms with Gasteiger partial charge in [0.2, 0.25) is 0 Å². The van der Waals surface area contributed by atoms with Crippen molar-refractivity contribution in [1.29, 1.82) is 0 Å². The smallest absolute Gasteiger partial charge is 0.0735 e. The highest BCUT2D eigenvalue weighted by atomic mass is 32.2. The van der Waals surface area contributed by atoms with Gasteiger partial charge in [0.1, 0.15) is 0 Å². The Balaban J connectivity index is 1.71. The van der Waals surface area contributed by atoms with E-state index < -0.39 is 0 Å². The molecule has 1 aliphatic carbocycles. The standard InChI is InChI=1S/C15H25NOS/c16-14-3-1-12(2-4-14)13-5-8-17-15(11-13)6-9-18-10-7-15/h14H,1-11,16H2. The van der Waals surface area contributed by atoms with Crippen molar-refractivity contribution in [2.24, 2.45) is 5.73 Å². The largest absolute Gasteiger partial charge is 0.374 e. The molecule has 0 aromatic carbocycles. The molecule has 2 saturated heterocycles. The third-order valence-electron chi connectivity index (χ3n) is 4.89. The fourth-order valence-electron chi connectivity index (χ4n) is 3.63. The Hall–Kier alpha value is 0.01000. The second-order valence-corrected chi connectivity index (χ2v) is 7.34. The minimum Gasteiger partial charge on any atom is -0.374 e. The summed E-state index contributed by atoms with van der Waals surface area (Å²) in [6.07, 6.45) is 9.81. The molecule has 0 aromatic heterocycles. The van der Waals surface area contributed by atoms with Gasteiger partial charge in [-0.25, -0.2) is 0 Å². The predicted octanol–water partition coefficient (Wildman–Crippen LogP) is 3.26. The molecule has 2 heterocycles. The lowest BCUT2D eigenvalue weighted by atomic mass is 9.79. The fourth-order valence-corrected chi connectivity index (χ4v) is 4.86. The molecule has 18 heavy (non-hydrogen) atoms. The highest BCUT2D eigenvalue weighted by Gasteiger charge is 2.37. The Bertz CT molecular complexity index is 318. The number of ether oxygens (including phenoxy) is 1. The molecule has 0 amide bonds. The average Bonchev–Trinajstić information content (AvgIpc) is 2.40. The second kappa shape index (κ2) is 5.56. The van der Waals surface area contributed by atoms with E-state index >= 15 is 0 Å². The van der Waals surface area contributed by atoms with Gasteiger partial charge >= 0.3 is 0 Å². The molecule has 2 N–H and O–H groups in total. The van der Waals surface area contributed by atoms with Crippen molar-refractivity contribution >= 4 is 11.8 Å². The molecule has 0 radical (unpaired) electrons. The molecule has 1 saturated carbocycles. The van der Waals surface area contributed by atoms with Crippen LogP contribution >= 0.6 is 11.8 Å². The Kier molecular flexibility index (Phi) is 4.02. The molecule has 0 aromatic rings. The van der Waals surface area contributed by atoms with Crippen LogP contribution in [0.5, 0.6) is 0 Å². The Morgan fingerprint density at radius 2 is 1.78 bits per heavy atom. The van der Waals surface area contributed by atoms with Crippen molar-refractivity contribution in [3.63, 3.8) is 0 Å². The first-order valence-electron chi connectivity index (χ1n) is 7.44. The van der Waals surface area contributed by atoms with Gasteiger partial charge in [-0.2, -0.15) is 11.8 Å². The maximum absolute atomic E-state index is 6.18. The van der Waals surface area contributed by atoms with E-state index in [4.69, 9.17) is 10.5 Å². The summed E-state index contributed by atoms with van der Waals surface area (Å²) in [7, 11) is 0. The molecule has 2 aliphatic heterocycles. The maximum atomic E-state index is 6.18. The summed E-state index contributed by atoms with van der Waals surface area (Å²) >= 11 is 2.09. The number of nitrogens with two attached hydrogens (primary N) is 1. The summed E-state index contributed by atoms with van der Waals surface area (Å²) in [6, 6.07) is 0.453. The first-order chi connectivity index (χ1) is 8.77. The monoisotopic (exact) mass is 267 g/mol. The Morgan fingerprint density at radius 1 is 1.06 bits per heavy atom. The average molecular weight is 267 g/mol. The molecular formula is C15H25NOS. The normalized spacial score (nSPS) is 32.8. The highest BCUT2D eigenvalue weighted by Crippen LogP contribution is 2.42. The van der Waals surface area contributed by atoms with Crippen LogP contribution in [-0.2, 0) is 4.74 Å². The summed E-state index contributed by atoms with van der Waals surface area (Å²) in [5.74, 6) is 2.57. The lowest BCUT2D eigenvalue weighted by Crippen LogP contribution is -2.41. The summed E-state index contributed by atoms with van der Waals surface area (Å²) in [4.78, 5) is 0. The van der Waals surface area contributed by atoms with Gasteiger partial charge in [-0.05, 0) is 62.9 Å². The molecule has 102 valence electrons. The quantitative estimate of drug-likeness (QED) is 0.684. The predicted molar refractivity (Wildman–Crippen MR) is 77.9 cm³/mol. The molecular weight excluding hydrogens is 242 g/mol. The number of hydrogen-bond acceptors (Lipinski definition) is 3. The van der Waals surface area contributed by atoms with Crippen LogP contribution in [0.15, 0.2) is 11.1 Å². The number of hydrogen-bond donors (Lipinski definition) is 1. The minimum atomic E-state index is 0.214. The number of thioether (sulfide) groups is 1. The van der Waals surface area contributed by atoms with Crippen molar-refractivity contribution in [2.45, 2.75) is 63.0 Å². The van der Waals surface area contributed by atoms with E-state index in [-0.39, 0.29) is 5.60 Å². The molecule has 3 heteroatoms. The van der Waals surface area contributed by atoms with E-state index in [2.05, 4.69) is 11.8 Å². The van der Waals surface area contributed by atoms with Gasteiger partial charge in [0.15, 0.2) is 0 Å². The lowest BCUT2D eigenvalue weighted by molar-refractivity contribution is -0.0669. The van der Waals surface area contributed by atoms with Crippen LogP contribution in [0.1, 0.15) is 51.4 Å². The molecule has 0 unspecified atom stereocenters. The van der Waals surface area contributed by atoms with E-state index in [0.29, 0.717) is 6.04 Å². The zero-order valence-electron chi connectivity index (χ0n) is 11.2. The molecule has 3 fully saturated rings. The van der Waals surface area contributed by atoms with Gasteiger partial charge in [0.05, 0.1) is 12.2 Å². The van der Waals surface area contributed by atoms with E-state index in [1.807, 2.05) is 0 Å². The van der Waals surface area contributed by atoms with Gasteiger partial charge < -0.3 is 10.5 Å². The van der Waals surface area contributed by atoms with Crippen LogP contribution in [0.3, 0.4) is 0 Å². The van der Waals surface area contributed by atoms with Gasteiger partial charge in [-0.3, -0.25) is 0 Å². The third-order valence-corrected chi connectivity index (χ3v) is 5.87. The van der Waals surface area contributed by atoms with Crippen LogP contribution < -0.4 is 5.73 Å². The van der Waals surface area contributed by atoms with Crippen LogP contribution in [-0.4, -0.2) is 29.8 Å². The van der Waals surface area contributed by atoms with Gasteiger partial charge in [-0.1, -0.05) is 11.1 Å². The number of rotatable bonds is 0. The van der Waals surface area contributed by atoms with E-state index in [9.17, 15) is 0 Å². The summed E-state index contributed by atoms with van der Waals surface area (Å²) < 4.78 is 6.18. The zero-order valence-corrected chi connectivity index (χ0v) is 12.1. The lowest BCUT2D eigenvalue weighted by Gasteiger charge is -2.42. The summed E-state index contributed by atoms with van der Waals surface area (Å²) in [5.41, 5.74) is 9.70.